The van der Waals surface area contributed by atoms with Crippen molar-refractivity contribution in [1.82, 2.24) is 10.6 Å². The Kier molecular flexibility index (Phi) is 136. The van der Waals surface area contributed by atoms with Crippen LogP contribution in [-0.4, -0.2) is 81.0 Å². The van der Waals surface area contributed by atoms with E-state index >= 15 is 0 Å². The minimum atomic E-state index is 0. The standard InChI is InChI=1S/C11H27N3O5.C4H10O.C2H6.CH5N.5CH4/c1-2-4-15-10-16-5-3-13-7-18-11-19-9-14-8-17-6-12;1-3-4-5-2;2*1-2;;;;;/h13-14H,2-12H2,1H3;3-4H2,1-2H3;1-2H3;2H2,1H3;5*1H4. The van der Waals surface area contributed by atoms with Crippen LogP contribution in [-0.2, 0) is 28.4 Å². The number of methoxy groups -OCH3 is 1. The Labute approximate surface area is 209 Å². The Morgan fingerprint density at radius 2 is 1.03 bits per heavy atom. The molecule has 0 saturated carbocycles. The molecule has 0 aliphatic heterocycles. The van der Waals surface area contributed by atoms with Gasteiger partial charge < -0.3 is 39.9 Å². The molecule has 0 saturated heterocycles. The zero-order chi connectivity index (χ0) is 22.1. The average molecular weight is 497 g/mol. The molecule has 0 unspecified atom stereocenters. The lowest BCUT2D eigenvalue weighted by Crippen LogP contribution is -2.26. The van der Waals surface area contributed by atoms with Crippen molar-refractivity contribution < 1.29 is 28.4 Å². The summed E-state index contributed by atoms with van der Waals surface area (Å²) in [5, 5.41) is 5.91. The summed E-state index contributed by atoms with van der Waals surface area (Å²) in [5.41, 5.74) is 9.63. The molecule has 0 aromatic heterocycles. The van der Waals surface area contributed by atoms with Gasteiger partial charge in [-0.15, -0.1) is 0 Å². The maximum atomic E-state index is 5.21. The Bertz CT molecular complexity index is 194. The smallest absolute Gasteiger partial charge is 0.150 e. The summed E-state index contributed by atoms with van der Waals surface area (Å²) >= 11 is 0. The molecule has 0 rings (SSSR count). The highest BCUT2D eigenvalue weighted by Crippen LogP contribution is 1.81. The Morgan fingerprint density at radius 3 is 1.45 bits per heavy atom. The first-order valence-electron chi connectivity index (χ1n) is 9.90. The van der Waals surface area contributed by atoms with Crippen LogP contribution >= 0.6 is 0 Å². The van der Waals surface area contributed by atoms with Crippen LogP contribution in [0.5, 0.6) is 0 Å². The molecule has 0 aromatic rings. The molecule has 0 heterocycles. The van der Waals surface area contributed by atoms with Crippen molar-refractivity contribution in [3.63, 3.8) is 0 Å². The van der Waals surface area contributed by atoms with Crippen molar-refractivity contribution in [3.8, 4) is 0 Å². The summed E-state index contributed by atoms with van der Waals surface area (Å²) in [4.78, 5) is 0. The lowest BCUT2D eigenvalue weighted by molar-refractivity contribution is -0.0758. The molecule has 0 aliphatic carbocycles. The molecular weight excluding hydrogens is 428 g/mol. The maximum absolute atomic E-state index is 5.21. The van der Waals surface area contributed by atoms with E-state index in [4.69, 9.17) is 34.2 Å². The van der Waals surface area contributed by atoms with Crippen LogP contribution in [0.15, 0.2) is 0 Å². The van der Waals surface area contributed by atoms with Crippen LogP contribution < -0.4 is 22.1 Å². The summed E-state index contributed by atoms with van der Waals surface area (Å²) in [7, 11) is 3.21. The fourth-order valence-corrected chi connectivity index (χ4v) is 1.20. The van der Waals surface area contributed by atoms with E-state index in [1.54, 1.807) is 7.11 Å². The van der Waals surface area contributed by atoms with Gasteiger partial charge in [0, 0.05) is 26.9 Å². The second-order valence-electron chi connectivity index (χ2n) is 4.51. The molecule has 33 heavy (non-hydrogen) atoms. The highest BCUT2D eigenvalue weighted by Gasteiger charge is 1.90. The Hall–Kier alpha value is -0.400. The fourth-order valence-electron chi connectivity index (χ4n) is 1.20. The van der Waals surface area contributed by atoms with Crippen molar-refractivity contribution in [1.29, 1.82) is 0 Å². The molecule has 216 valence electrons. The summed E-state index contributed by atoms with van der Waals surface area (Å²) < 4.78 is 30.2. The van der Waals surface area contributed by atoms with Gasteiger partial charge >= 0.3 is 0 Å². The van der Waals surface area contributed by atoms with Crippen LogP contribution in [0.2, 0.25) is 0 Å². The predicted octanol–water partition coefficient (Wildman–Crippen LogP) is 4.19. The van der Waals surface area contributed by atoms with Gasteiger partial charge in [0.15, 0.2) is 0 Å². The van der Waals surface area contributed by atoms with E-state index in [9.17, 15) is 0 Å². The van der Waals surface area contributed by atoms with Crippen LogP contribution in [0, 0.1) is 0 Å². The van der Waals surface area contributed by atoms with Crippen molar-refractivity contribution in [2.75, 3.05) is 81.0 Å². The van der Waals surface area contributed by atoms with Crippen molar-refractivity contribution in [3.05, 3.63) is 0 Å². The third-order valence-electron chi connectivity index (χ3n) is 2.24. The van der Waals surface area contributed by atoms with Crippen molar-refractivity contribution >= 4 is 0 Å². The van der Waals surface area contributed by atoms with E-state index in [1.165, 1.54) is 7.05 Å². The first-order chi connectivity index (χ1) is 13.8. The van der Waals surface area contributed by atoms with Crippen LogP contribution in [0.4, 0.5) is 0 Å². The molecule has 10 heteroatoms. The molecular formula is C23H68N4O6. The van der Waals surface area contributed by atoms with Crippen LogP contribution in [0.25, 0.3) is 0 Å². The lowest BCUT2D eigenvalue weighted by atomic mass is 10.5. The summed E-state index contributed by atoms with van der Waals surface area (Å²) in [6.07, 6.45) is 2.12. The fraction of sp³-hybridized carbons (Fsp3) is 1.00. The highest BCUT2D eigenvalue weighted by atomic mass is 16.7. The first kappa shape index (κ1) is 58.4. The number of nitrogens with one attached hydrogen (secondary N) is 2. The number of nitrogens with two attached hydrogens (primary N) is 2. The largest absolute Gasteiger partial charge is 0.385 e. The lowest BCUT2D eigenvalue weighted by Gasteiger charge is -2.08. The second kappa shape index (κ2) is 77.0. The number of hydrogen-bond acceptors (Lipinski definition) is 10. The van der Waals surface area contributed by atoms with E-state index in [2.05, 4.69) is 30.2 Å². The van der Waals surface area contributed by atoms with Gasteiger partial charge in [0.05, 0.1) is 26.8 Å². The molecule has 0 atom stereocenters. The number of hydrogen-bond donors (Lipinski definition) is 4. The summed E-state index contributed by atoms with van der Waals surface area (Å²) in [6.45, 7) is 13.0. The van der Waals surface area contributed by atoms with Gasteiger partial charge in [0.1, 0.15) is 20.3 Å². The van der Waals surface area contributed by atoms with Gasteiger partial charge in [-0.1, -0.05) is 64.8 Å². The summed E-state index contributed by atoms with van der Waals surface area (Å²) in [6, 6.07) is 0. The third kappa shape index (κ3) is 89.4. The van der Waals surface area contributed by atoms with E-state index in [1.807, 2.05) is 13.8 Å². The average Bonchev–Trinajstić information content (AvgIpc) is 2.75. The van der Waals surface area contributed by atoms with E-state index in [0.29, 0.717) is 40.1 Å². The maximum Gasteiger partial charge on any atom is 0.150 e. The molecule has 6 N–H and O–H groups in total. The minimum Gasteiger partial charge on any atom is -0.385 e. The van der Waals surface area contributed by atoms with E-state index < -0.39 is 0 Å². The predicted molar refractivity (Wildman–Crippen MR) is 147 cm³/mol. The van der Waals surface area contributed by atoms with Gasteiger partial charge in [-0.3, -0.25) is 10.6 Å². The molecule has 0 bridgehead atoms. The number of rotatable bonds is 18. The normalized spacial score (nSPS) is 8.00. The Morgan fingerprint density at radius 1 is 0.606 bits per heavy atom. The van der Waals surface area contributed by atoms with Crippen LogP contribution in [0.1, 0.15) is 77.7 Å². The zero-order valence-electron chi connectivity index (χ0n) is 19.1. The quantitative estimate of drug-likeness (QED) is 0.162. The SMILES string of the molecule is C.C.C.C.C.CC.CCCOC.CCCOCOCCNCOCOCNCOCN.CN. The second-order valence-corrected chi connectivity index (χ2v) is 4.51. The van der Waals surface area contributed by atoms with Crippen molar-refractivity contribution in [2.45, 2.75) is 77.7 Å². The summed E-state index contributed by atoms with van der Waals surface area (Å²) in [5.74, 6) is 0. The molecule has 0 radical (unpaired) electrons. The van der Waals surface area contributed by atoms with Crippen LogP contribution in [0.3, 0.4) is 0 Å². The van der Waals surface area contributed by atoms with Gasteiger partial charge in [-0.05, 0) is 19.9 Å². The highest BCUT2D eigenvalue weighted by molar-refractivity contribution is 4.36. The van der Waals surface area contributed by atoms with Gasteiger partial charge in [0.25, 0.3) is 0 Å². The van der Waals surface area contributed by atoms with Crippen molar-refractivity contribution in [2.24, 2.45) is 11.5 Å². The van der Waals surface area contributed by atoms with E-state index in [-0.39, 0.29) is 50.7 Å². The van der Waals surface area contributed by atoms with E-state index in [0.717, 1.165) is 26.1 Å². The van der Waals surface area contributed by atoms with Gasteiger partial charge in [-0.25, -0.2) is 0 Å². The Balaban J connectivity index is -0.0000000512. The molecule has 10 nitrogen and oxygen atoms in total. The number of ether oxygens (including phenoxy) is 6. The third-order valence-corrected chi connectivity index (χ3v) is 2.24. The molecule has 0 amide bonds. The zero-order valence-corrected chi connectivity index (χ0v) is 19.1. The van der Waals surface area contributed by atoms with Gasteiger partial charge in [-0.2, -0.15) is 0 Å². The topological polar surface area (TPSA) is 131 Å². The monoisotopic (exact) mass is 497 g/mol. The van der Waals surface area contributed by atoms with Gasteiger partial charge in [0.2, 0.25) is 0 Å². The molecule has 0 aliphatic rings. The molecule has 0 aromatic carbocycles. The molecule has 0 spiro atoms. The molecule has 0 fully saturated rings. The first-order valence-corrected chi connectivity index (χ1v) is 9.90. The minimum absolute atomic E-state index is 0.